The second kappa shape index (κ2) is 6.47. The highest BCUT2D eigenvalue weighted by molar-refractivity contribution is 5.36. The van der Waals surface area contributed by atoms with Crippen LogP contribution in [0, 0.1) is 13.8 Å². The van der Waals surface area contributed by atoms with Crippen LogP contribution in [0.15, 0.2) is 18.2 Å². The summed E-state index contributed by atoms with van der Waals surface area (Å²) in [7, 11) is 0. The maximum Gasteiger partial charge on any atom is 0.176 e. The molecule has 0 aliphatic carbocycles. The van der Waals surface area contributed by atoms with E-state index in [-0.39, 0.29) is 6.10 Å². The normalized spacial score (nSPS) is 12.4. The third kappa shape index (κ3) is 3.54. The molecule has 2 aromatic heterocycles. The molecule has 0 aromatic carbocycles. The van der Waals surface area contributed by atoms with Gasteiger partial charge in [-0.3, -0.25) is 0 Å². The molecule has 2 rings (SSSR count). The van der Waals surface area contributed by atoms with Crippen LogP contribution in [0.1, 0.15) is 31.2 Å². The monoisotopic (exact) mass is 275 g/mol. The van der Waals surface area contributed by atoms with Gasteiger partial charge in [-0.2, -0.15) is 5.10 Å². The largest absolute Gasteiger partial charge is 0.391 e. The summed E-state index contributed by atoms with van der Waals surface area (Å²) in [6.07, 6.45) is 1.40. The molecule has 6 nitrogen and oxygen atoms in total. The van der Waals surface area contributed by atoms with Crippen LogP contribution in [0.5, 0.6) is 0 Å². The lowest BCUT2D eigenvalue weighted by molar-refractivity contribution is 0.176. The first-order chi connectivity index (χ1) is 9.60. The van der Waals surface area contributed by atoms with Gasteiger partial charge < -0.3 is 10.4 Å². The predicted molar refractivity (Wildman–Crippen MR) is 78.0 cm³/mol. The molecule has 2 heterocycles. The van der Waals surface area contributed by atoms with Crippen molar-refractivity contribution >= 4 is 5.82 Å². The fraction of sp³-hybridized carbons (Fsp3) is 0.500. The van der Waals surface area contributed by atoms with Crippen molar-refractivity contribution in [2.75, 3.05) is 11.9 Å². The van der Waals surface area contributed by atoms with E-state index in [2.05, 4.69) is 20.6 Å². The molecule has 0 aliphatic heterocycles. The summed E-state index contributed by atoms with van der Waals surface area (Å²) >= 11 is 0. The maximum absolute atomic E-state index is 9.66. The summed E-state index contributed by atoms with van der Waals surface area (Å²) in [6, 6.07) is 5.70. The first-order valence-electron chi connectivity index (χ1n) is 6.89. The highest BCUT2D eigenvalue weighted by Gasteiger charge is 2.07. The molecule has 20 heavy (non-hydrogen) atoms. The first kappa shape index (κ1) is 14.5. The van der Waals surface area contributed by atoms with E-state index in [0.29, 0.717) is 18.2 Å². The minimum absolute atomic E-state index is 0.350. The number of aliphatic hydroxyl groups excluding tert-OH is 1. The molecule has 2 aromatic rings. The molecular formula is C14H21N5O. The predicted octanol–water partition coefficient (Wildman–Crippen LogP) is 1.85. The number of nitrogens with one attached hydrogen (secondary N) is 1. The summed E-state index contributed by atoms with van der Waals surface area (Å²) in [6.45, 7) is 6.46. The lowest BCUT2D eigenvalue weighted by atomic mass is 10.2. The molecular weight excluding hydrogens is 254 g/mol. The van der Waals surface area contributed by atoms with Gasteiger partial charge in [0, 0.05) is 12.2 Å². The van der Waals surface area contributed by atoms with Crippen molar-refractivity contribution in [1.29, 1.82) is 0 Å². The fourth-order valence-electron chi connectivity index (χ4n) is 2.05. The molecule has 0 spiro atoms. The summed E-state index contributed by atoms with van der Waals surface area (Å²) in [4.78, 5) is 0. The van der Waals surface area contributed by atoms with Crippen LogP contribution in [-0.4, -0.2) is 37.7 Å². The van der Waals surface area contributed by atoms with E-state index >= 15 is 0 Å². The molecule has 1 unspecified atom stereocenters. The number of nitrogens with zero attached hydrogens (tertiary/aromatic N) is 4. The molecule has 0 saturated carbocycles. The average Bonchev–Trinajstić information content (AvgIpc) is 2.76. The van der Waals surface area contributed by atoms with Crippen LogP contribution < -0.4 is 5.32 Å². The summed E-state index contributed by atoms with van der Waals surface area (Å²) in [5.74, 6) is 1.35. The van der Waals surface area contributed by atoms with E-state index in [1.165, 1.54) is 0 Å². The zero-order valence-electron chi connectivity index (χ0n) is 12.2. The number of aliphatic hydroxyl groups is 1. The van der Waals surface area contributed by atoms with Gasteiger partial charge in [0.05, 0.1) is 11.8 Å². The lowest BCUT2D eigenvalue weighted by Gasteiger charge is -2.11. The quantitative estimate of drug-likeness (QED) is 0.841. The second-order valence-electron chi connectivity index (χ2n) is 4.94. The summed E-state index contributed by atoms with van der Waals surface area (Å²) < 4.78 is 1.76. The van der Waals surface area contributed by atoms with E-state index < -0.39 is 0 Å². The van der Waals surface area contributed by atoms with Crippen molar-refractivity contribution in [1.82, 2.24) is 20.0 Å². The van der Waals surface area contributed by atoms with Crippen LogP contribution in [0.25, 0.3) is 5.82 Å². The Kier molecular flexibility index (Phi) is 4.68. The minimum Gasteiger partial charge on any atom is -0.391 e. The van der Waals surface area contributed by atoms with Crippen molar-refractivity contribution in [3.8, 4) is 5.82 Å². The van der Waals surface area contributed by atoms with Gasteiger partial charge in [-0.1, -0.05) is 13.3 Å². The molecule has 6 heteroatoms. The van der Waals surface area contributed by atoms with Crippen LogP contribution in [0.3, 0.4) is 0 Å². The number of anilines is 1. The Labute approximate surface area is 118 Å². The van der Waals surface area contributed by atoms with Crippen molar-refractivity contribution in [2.45, 2.75) is 39.7 Å². The fourth-order valence-corrected chi connectivity index (χ4v) is 2.05. The minimum atomic E-state index is -0.350. The smallest absolute Gasteiger partial charge is 0.176 e. The van der Waals surface area contributed by atoms with Crippen LogP contribution in [0.2, 0.25) is 0 Å². The number of hydrogen-bond acceptors (Lipinski definition) is 5. The Morgan fingerprint density at radius 1 is 1.30 bits per heavy atom. The zero-order chi connectivity index (χ0) is 14.5. The van der Waals surface area contributed by atoms with Gasteiger partial charge >= 0.3 is 0 Å². The molecule has 0 saturated heterocycles. The van der Waals surface area contributed by atoms with E-state index in [4.69, 9.17) is 0 Å². The topological polar surface area (TPSA) is 75.9 Å². The van der Waals surface area contributed by atoms with Gasteiger partial charge in [0.15, 0.2) is 5.82 Å². The zero-order valence-corrected chi connectivity index (χ0v) is 12.2. The summed E-state index contributed by atoms with van der Waals surface area (Å²) in [5, 5.41) is 25.4. The van der Waals surface area contributed by atoms with Crippen molar-refractivity contribution in [3.05, 3.63) is 29.6 Å². The van der Waals surface area contributed by atoms with Gasteiger partial charge in [-0.25, -0.2) is 4.68 Å². The highest BCUT2D eigenvalue weighted by atomic mass is 16.3. The molecule has 1 atom stereocenters. The van der Waals surface area contributed by atoms with Gasteiger partial charge in [0.1, 0.15) is 5.82 Å². The van der Waals surface area contributed by atoms with Crippen molar-refractivity contribution in [2.24, 2.45) is 0 Å². The third-order valence-electron chi connectivity index (χ3n) is 3.02. The first-order valence-corrected chi connectivity index (χ1v) is 6.89. The Morgan fingerprint density at radius 2 is 2.10 bits per heavy atom. The van der Waals surface area contributed by atoms with Gasteiger partial charge in [-0.15, -0.1) is 10.2 Å². The molecule has 0 bridgehead atoms. The lowest BCUT2D eigenvalue weighted by Crippen LogP contribution is -2.19. The Balaban J connectivity index is 2.01. The standard InChI is InChI=1S/C14H21N5O/c1-4-5-12(20)9-15-13-6-7-14(17-16-13)19-11(3)8-10(2)18-19/h6-8,12,20H,4-5,9H2,1-3H3,(H,15,16). The van der Waals surface area contributed by atoms with E-state index in [0.717, 1.165) is 24.2 Å². The molecule has 0 radical (unpaired) electrons. The number of hydrogen-bond donors (Lipinski definition) is 2. The van der Waals surface area contributed by atoms with Crippen molar-refractivity contribution in [3.63, 3.8) is 0 Å². The number of aryl methyl sites for hydroxylation is 2. The molecule has 108 valence electrons. The molecule has 2 N–H and O–H groups in total. The van der Waals surface area contributed by atoms with E-state index in [1.807, 2.05) is 39.0 Å². The van der Waals surface area contributed by atoms with Crippen molar-refractivity contribution < 1.29 is 5.11 Å². The highest BCUT2D eigenvalue weighted by Crippen LogP contribution is 2.10. The molecule has 0 amide bonds. The average molecular weight is 275 g/mol. The van der Waals surface area contributed by atoms with Gasteiger partial charge in [0.2, 0.25) is 0 Å². The van der Waals surface area contributed by atoms with Gasteiger partial charge in [-0.05, 0) is 38.5 Å². The number of rotatable bonds is 6. The SMILES string of the molecule is CCCC(O)CNc1ccc(-n2nc(C)cc2C)nn1. The van der Waals surface area contributed by atoms with E-state index in [9.17, 15) is 5.11 Å². The maximum atomic E-state index is 9.66. The van der Waals surface area contributed by atoms with Crippen LogP contribution >= 0.6 is 0 Å². The summed E-state index contributed by atoms with van der Waals surface area (Å²) in [5.41, 5.74) is 1.98. The third-order valence-corrected chi connectivity index (χ3v) is 3.02. The molecule has 0 aliphatic rings. The Hall–Kier alpha value is -1.95. The Morgan fingerprint density at radius 3 is 2.65 bits per heavy atom. The van der Waals surface area contributed by atoms with Crippen LogP contribution in [0.4, 0.5) is 5.82 Å². The second-order valence-corrected chi connectivity index (χ2v) is 4.94. The molecule has 0 fully saturated rings. The Bertz CT molecular complexity index is 549. The number of aromatic nitrogens is 4. The van der Waals surface area contributed by atoms with Gasteiger partial charge in [0.25, 0.3) is 0 Å². The van der Waals surface area contributed by atoms with Crippen LogP contribution in [-0.2, 0) is 0 Å². The van der Waals surface area contributed by atoms with E-state index in [1.54, 1.807) is 4.68 Å².